The molecule has 1 aliphatic rings. The molecule has 1 saturated heterocycles. The Labute approximate surface area is 156 Å². The molecule has 1 aromatic heterocycles. The van der Waals surface area contributed by atoms with Gasteiger partial charge in [0.25, 0.3) is 5.69 Å². The molecule has 138 valence electrons. The van der Waals surface area contributed by atoms with Gasteiger partial charge in [0.15, 0.2) is 5.17 Å². The Bertz CT molecular complexity index is 950. The van der Waals surface area contributed by atoms with Gasteiger partial charge in [-0.1, -0.05) is 11.8 Å². The van der Waals surface area contributed by atoms with Crippen molar-refractivity contribution < 1.29 is 24.0 Å². The standard InChI is InChI=1S/C16H12N4O6S/c21-14(22)7-13-15(23)18-16(27-13)19-17-8-11-5-6-12(26-11)9-1-3-10(4-2-9)20(24)25/h1-6,8,13H,7H2,(H,21,22)(H,18,19,23)/b17-8+. The summed E-state index contributed by atoms with van der Waals surface area (Å²) in [6.07, 6.45) is 1.04. The van der Waals surface area contributed by atoms with Crippen LogP contribution in [0.1, 0.15) is 12.2 Å². The van der Waals surface area contributed by atoms with Crippen molar-refractivity contribution in [1.29, 1.82) is 0 Å². The average Bonchev–Trinajstić information content (AvgIpc) is 3.22. The summed E-state index contributed by atoms with van der Waals surface area (Å²) in [5.41, 5.74) is 0.655. The highest BCUT2D eigenvalue weighted by Gasteiger charge is 2.32. The summed E-state index contributed by atoms with van der Waals surface area (Å²) in [5, 5.41) is 29.0. The number of nitro groups is 1. The molecule has 0 bridgehead atoms. The Kier molecular flexibility index (Phi) is 5.31. The van der Waals surface area contributed by atoms with E-state index >= 15 is 0 Å². The van der Waals surface area contributed by atoms with Crippen molar-refractivity contribution in [3.63, 3.8) is 0 Å². The lowest BCUT2D eigenvalue weighted by molar-refractivity contribution is -0.384. The fourth-order valence-corrected chi connectivity index (χ4v) is 3.12. The molecule has 1 aromatic carbocycles. The molecule has 3 rings (SSSR count). The maximum atomic E-state index is 11.6. The zero-order valence-electron chi connectivity index (χ0n) is 13.6. The van der Waals surface area contributed by atoms with Crippen molar-refractivity contribution in [2.45, 2.75) is 11.7 Å². The summed E-state index contributed by atoms with van der Waals surface area (Å²) in [6.45, 7) is 0. The Hall–Kier alpha value is -3.47. The lowest BCUT2D eigenvalue weighted by Gasteiger charge is -1.97. The number of amidine groups is 1. The first-order chi connectivity index (χ1) is 12.9. The Morgan fingerprint density at radius 3 is 2.74 bits per heavy atom. The fraction of sp³-hybridized carbons (Fsp3) is 0.125. The molecule has 1 atom stereocenters. The van der Waals surface area contributed by atoms with Gasteiger partial charge >= 0.3 is 5.97 Å². The smallest absolute Gasteiger partial charge is 0.305 e. The van der Waals surface area contributed by atoms with E-state index in [2.05, 4.69) is 15.5 Å². The van der Waals surface area contributed by atoms with E-state index in [4.69, 9.17) is 9.52 Å². The predicted molar refractivity (Wildman–Crippen MR) is 97.6 cm³/mol. The minimum Gasteiger partial charge on any atom is -0.481 e. The number of carboxylic acids is 1. The number of carboxylic acid groups (broad SMARTS) is 1. The van der Waals surface area contributed by atoms with Crippen LogP contribution < -0.4 is 5.32 Å². The number of carbonyl (C=O) groups excluding carboxylic acids is 1. The summed E-state index contributed by atoms with van der Waals surface area (Å²) in [6, 6.07) is 9.24. The number of rotatable bonds is 6. The number of benzene rings is 1. The van der Waals surface area contributed by atoms with Gasteiger partial charge in [-0.25, -0.2) is 0 Å². The highest BCUT2D eigenvalue weighted by Crippen LogP contribution is 2.24. The molecule has 1 unspecified atom stereocenters. The minimum absolute atomic E-state index is 0.0137. The first-order valence-electron chi connectivity index (χ1n) is 7.57. The number of carbonyl (C=O) groups is 2. The molecular weight excluding hydrogens is 376 g/mol. The molecule has 2 heterocycles. The normalized spacial score (nSPS) is 18.1. The monoisotopic (exact) mass is 388 g/mol. The third-order valence-corrected chi connectivity index (χ3v) is 4.53. The third kappa shape index (κ3) is 4.58. The molecular formula is C16H12N4O6S. The second kappa shape index (κ2) is 7.83. The number of nitro benzene ring substituents is 1. The van der Waals surface area contributed by atoms with Crippen molar-refractivity contribution in [2.75, 3.05) is 0 Å². The second-order valence-corrected chi connectivity index (χ2v) is 6.54. The Balaban J connectivity index is 1.64. The molecule has 1 aliphatic heterocycles. The van der Waals surface area contributed by atoms with Gasteiger partial charge in [-0.3, -0.25) is 19.7 Å². The lowest BCUT2D eigenvalue weighted by atomic mass is 10.1. The largest absolute Gasteiger partial charge is 0.481 e. The molecule has 0 spiro atoms. The molecule has 27 heavy (non-hydrogen) atoms. The maximum absolute atomic E-state index is 11.6. The topological polar surface area (TPSA) is 147 Å². The van der Waals surface area contributed by atoms with Crippen molar-refractivity contribution in [3.05, 3.63) is 52.3 Å². The molecule has 1 fully saturated rings. The Morgan fingerprint density at radius 2 is 2.07 bits per heavy atom. The first kappa shape index (κ1) is 18.3. The molecule has 1 amide bonds. The fourth-order valence-electron chi connectivity index (χ4n) is 2.21. The first-order valence-corrected chi connectivity index (χ1v) is 8.45. The maximum Gasteiger partial charge on any atom is 0.305 e. The molecule has 11 heteroatoms. The van der Waals surface area contributed by atoms with Crippen LogP contribution in [0.4, 0.5) is 5.69 Å². The molecule has 2 aromatic rings. The molecule has 10 nitrogen and oxygen atoms in total. The van der Waals surface area contributed by atoms with Crippen LogP contribution in [0, 0.1) is 10.1 Å². The van der Waals surface area contributed by atoms with E-state index in [1.807, 2.05) is 0 Å². The number of hydrogen-bond donors (Lipinski definition) is 2. The zero-order chi connectivity index (χ0) is 19.4. The highest BCUT2D eigenvalue weighted by atomic mass is 32.2. The van der Waals surface area contributed by atoms with Crippen LogP contribution in [0.2, 0.25) is 0 Å². The zero-order valence-corrected chi connectivity index (χ0v) is 14.4. The summed E-state index contributed by atoms with van der Waals surface area (Å²) in [5.74, 6) is -0.593. The van der Waals surface area contributed by atoms with Crippen LogP contribution in [-0.4, -0.2) is 38.5 Å². The van der Waals surface area contributed by atoms with Gasteiger partial charge < -0.3 is 14.8 Å². The van der Waals surface area contributed by atoms with E-state index in [1.54, 1.807) is 24.3 Å². The predicted octanol–water partition coefficient (Wildman–Crippen LogP) is 2.25. The summed E-state index contributed by atoms with van der Waals surface area (Å²) < 4.78 is 5.57. The van der Waals surface area contributed by atoms with Crippen molar-refractivity contribution in [1.82, 2.24) is 5.32 Å². The Morgan fingerprint density at radius 1 is 1.33 bits per heavy atom. The number of thioether (sulfide) groups is 1. The number of furan rings is 1. The van der Waals surface area contributed by atoms with Gasteiger partial charge in [-0.05, 0) is 24.3 Å². The average molecular weight is 388 g/mol. The van der Waals surface area contributed by atoms with Gasteiger partial charge in [0.1, 0.15) is 16.8 Å². The molecule has 0 radical (unpaired) electrons. The lowest BCUT2D eigenvalue weighted by Crippen LogP contribution is -2.26. The number of nitrogens with one attached hydrogen (secondary N) is 1. The molecule has 0 aliphatic carbocycles. The SMILES string of the molecule is O=C(O)CC1S/C(=N/N=C/c2ccc(-c3ccc([N+](=O)[O-])cc3)o2)NC1=O. The number of hydrogen-bond acceptors (Lipinski definition) is 8. The number of aliphatic carboxylic acids is 1. The van der Waals surface area contributed by atoms with E-state index in [-0.39, 0.29) is 17.3 Å². The van der Waals surface area contributed by atoms with Crippen LogP contribution in [0.5, 0.6) is 0 Å². The van der Waals surface area contributed by atoms with Gasteiger partial charge in [0.2, 0.25) is 5.91 Å². The molecule has 0 saturated carbocycles. The second-order valence-electron chi connectivity index (χ2n) is 5.35. The third-order valence-electron chi connectivity index (χ3n) is 3.46. The van der Waals surface area contributed by atoms with Gasteiger partial charge in [-0.15, -0.1) is 5.10 Å². The summed E-state index contributed by atoms with van der Waals surface area (Å²) in [7, 11) is 0. The van der Waals surface area contributed by atoms with Crippen molar-refractivity contribution >= 4 is 40.7 Å². The number of non-ortho nitro benzene ring substituents is 1. The molecule has 2 N–H and O–H groups in total. The summed E-state index contributed by atoms with van der Waals surface area (Å²) in [4.78, 5) is 32.4. The summed E-state index contributed by atoms with van der Waals surface area (Å²) >= 11 is 0.997. The van der Waals surface area contributed by atoms with E-state index in [0.717, 1.165) is 11.8 Å². The number of nitrogens with zero attached hydrogens (tertiary/aromatic N) is 3. The van der Waals surface area contributed by atoms with Gasteiger partial charge in [-0.2, -0.15) is 5.10 Å². The van der Waals surface area contributed by atoms with Crippen LogP contribution in [0.3, 0.4) is 0 Å². The minimum atomic E-state index is -1.07. The van der Waals surface area contributed by atoms with Crippen LogP contribution in [0.25, 0.3) is 11.3 Å². The van der Waals surface area contributed by atoms with E-state index in [9.17, 15) is 19.7 Å². The van der Waals surface area contributed by atoms with Crippen molar-refractivity contribution in [2.24, 2.45) is 10.2 Å². The van der Waals surface area contributed by atoms with Gasteiger partial charge in [0.05, 0.1) is 17.6 Å². The van der Waals surface area contributed by atoms with Crippen LogP contribution >= 0.6 is 11.8 Å². The van der Waals surface area contributed by atoms with Crippen molar-refractivity contribution in [3.8, 4) is 11.3 Å². The van der Waals surface area contributed by atoms with E-state index in [0.29, 0.717) is 17.1 Å². The van der Waals surface area contributed by atoms with Gasteiger partial charge in [0, 0.05) is 17.7 Å². The number of amides is 1. The van der Waals surface area contributed by atoms with Crippen LogP contribution in [-0.2, 0) is 9.59 Å². The van der Waals surface area contributed by atoms with E-state index < -0.39 is 22.0 Å². The highest BCUT2D eigenvalue weighted by molar-refractivity contribution is 8.15. The quantitative estimate of drug-likeness (QED) is 0.438. The van der Waals surface area contributed by atoms with E-state index in [1.165, 1.54) is 18.3 Å². The van der Waals surface area contributed by atoms with Crippen LogP contribution in [0.15, 0.2) is 51.0 Å².